The molecule has 39 heavy (non-hydrogen) atoms. The molecule has 7 heteroatoms. The maximum absolute atomic E-state index is 13.6. The number of esters is 2. The summed E-state index contributed by atoms with van der Waals surface area (Å²) in [5, 5.41) is 6.65. The number of carbonyl (C=O) groups excluding carboxylic acids is 2. The van der Waals surface area contributed by atoms with E-state index in [9.17, 15) is 9.59 Å². The zero-order chi connectivity index (χ0) is 27.8. The molecular formula is C32H37N3O4. The van der Waals surface area contributed by atoms with E-state index in [0.717, 1.165) is 38.2 Å². The summed E-state index contributed by atoms with van der Waals surface area (Å²) < 4.78 is 11.0. The van der Waals surface area contributed by atoms with Gasteiger partial charge in [-0.3, -0.25) is 4.90 Å². The lowest BCUT2D eigenvalue weighted by molar-refractivity contribution is -0.140. The second kappa shape index (κ2) is 13.3. The van der Waals surface area contributed by atoms with Gasteiger partial charge in [0.1, 0.15) is 0 Å². The molecule has 0 bridgehead atoms. The molecule has 2 aromatic carbocycles. The normalized spacial score (nSPS) is 19.7. The van der Waals surface area contributed by atoms with Crippen molar-refractivity contribution in [1.82, 2.24) is 15.5 Å². The van der Waals surface area contributed by atoms with Crippen molar-refractivity contribution >= 4 is 11.9 Å². The summed E-state index contributed by atoms with van der Waals surface area (Å²) >= 11 is 0. The van der Waals surface area contributed by atoms with E-state index in [0.29, 0.717) is 34.5 Å². The van der Waals surface area contributed by atoms with Gasteiger partial charge < -0.3 is 20.1 Å². The van der Waals surface area contributed by atoms with Gasteiger partial charge in [0.2, 0.25) is 0 Å². The Morgan fingerprint density at radius 3 is 2.51 bits per heavy atom. The van der Waals surface area contributed by atoms with Crippen LogP contribution in [0, 0.1) is 12.3 Å². The second-order valence-corrected chi connectivity index (χ2v) is 9.95. The highest BCUT2D eigenvalue weighted by atomic mass is 16.5. The molecule has 2 atom stereocenters. The fourth-order valence-corrected chi connectivity index (χ4v) is 5.45. The third-order valence-electron chi connectivity index (χ3n) is 7.46. The summed E-state index contributed by atoms with van der Waals surface area (Å²) in [6.07, 6.45) is 7.33. The number of methoxy groups -OCH3 is 1. The highest BCUT2D eigenvalue weighted by Crippen LogP contribution is 2.39. The maximum atomic E-state index is 13.6. The minimum atomic E-state index is -0.654. The zero-order valence-corrected chi connectivity index (χ0v) is 23.0. The van der Waals surface area contributed by atoms with Gasteiger partial charge in [-0.05, 0) is 49.9 Å². The molecule has 0 aromatic heterocycles. The molecule has 0 aliphatic carbocycles. The Morgan fingerprint density at radius 2 is 1.79 bits per heavy atom. The number of nitrogens with zero attached hydrogens (tertiary/aromatic N) is 1. The Labute approximate surface area is 231 Å². The van der Waals surface area contributed by atoms with Crippen LogP contribution in [0.4, 0.5) is 0 Å². The molecule has 7 nitrogen and oxygen atoms in total. The molecule has 0 spiro atoms. The third kappa shape index (κ3) is 6.78. The molecule has 2 N–H and O–H groups in total. The first-order valence-corrected chi connectivity index (χ1v) is 13.4. The van der Waals surface area contributed by atoms with E-state index >= 15 is 0 Å². The van der Waals surface area contributed by atoms with Crippen LogP contribution in [0.25, 0.3) is 0 Å². The lowest BCUT2D eigenvalue weighted by Crippen LogP contribution is -2.52. The summed E-state index contributed by atoms with van der Waals surface area (Å²) in [6.45, 7) is 7.61. The quantitative estimate of drug-likeness (QED) is 0.382. The maximum Gasteiger partial charge on any atom is 0.336 e. The molecule has 2 unspecified atom stereocenters. The Balaban J connectivity index is 1.48. The monoisotopic (exact) mass is 527 g/mol. The Kier molecular flexibility index (Phi) is 9.59. The number of ether oxygens (including phenoxy) is 2. The van der Waals surface area contributed by atoms with Gasteiger partial charge in [-0.2, -0.15) is 0 Å². The Hall–Kier alpha value is -3.86. The fraction of sp³-hybridized carbons (Fsp3) is 0.375. The molecule has 2 aromatic rings. The number of piperazine rings is 1. The summed E-state index contributed by atoms with van der Waals surface area (Å²) in [7, 11) is 1.34. The van der Waals surface area contributed by atoms with E-state index in [1.54, 1.807) is 6.92 Å². The zero-order valence-electron chi connectivity index (χ0n) is 23.0. The highest BCUT2D eigenvalue weighted by Gasteiger charge is 2.38. The smallest absolute Gasteiger partial charge is 0.336 e. The van der Waals surface area contributed by atoms with Crippen molar-refractivity contribution in [3.8, 4) is 12.3 Å². The van der Waals surface area contributed by atoms with Gasteiger partial charge in [0.15, 0.2) is 0 Å². The fourth-order valence-electron chi connectivity index (χ4n) is 5.45. The number of allylic oxidation sites excluding steroid dienone is 2. The Morgan fingerprint density at radius 1 is 1.05 bits per heavy atom. The van der Waals surface area contributed by atoms with Crippen LogP contribution >= 0.6 is 0 Å². The van der Waals surface area contributed by atoms with E-state index in [4.69, 9.17) is 15.9 Å². The van der Waals surface area contributed by atoms with E-state index in [1.165, 1.54) is 12.7 Å². The van der Waals surface area contributed by atoms with Crippen molar-refractivity contribution < 1.29 is 19.1 Å². The molecule has 1 saturated heterocycles. The number of dihydropyridines is 1. The molecule has 2 heterocycles. The van der Waals surface area contributed by atoms with Crippen LogP contribution in [-0.4, -0.2) is 62.8 Å². The van der Waals surface area contributed by atoms with Crippen LogP contribution in [0.1, 0.15) is 42.9 Å². The lowest BCUT2D eigenvalue weighted by Gasteiger charge is -2.36. The number of benzene rings is 2. The molecule has 2 aliphatic rings. The average Bonchev–Trinajstić information content (AvgIpc) is 2.96. The molecule has 4 rings (SSSR count). The number of nitrogens with one attached hydrogen (secondary N) is 2. The molecule has 0 amide bonds. The molecule has 0 saturated carbocycles. The van der Waals surface area contributed by atoms with E-state index in [-0.39, 0.29) is 12.6 Å². The first-order valence-electron chi connectivity index (χ1n) is 13.4. The van der Waals surface area contributed by atoms with Gasteiger partial charge in [0, 0.05) is 49.2 Å². The molecule has 0 radical (unpaired) electrons. The summed E-state index contributed by atoms with van der Waals surface area (Å²) in [6, 6.07) is 18.1. The summed E-state index contributed by atoms with van der Waals surface area (Å²) in [5.41, 5.74) is 4.75. The first kappa shape index (κ1) is 28.2. The topological polar surface area (TPSA) is 79.9 Å². The van der Waals surface area contributed by atoms with Crippen molar-refractivity contribution in [3.63, 3.8) is 0 Å². The van der Waals surface area contributed by atoms with Crippen LogP contribution in [-0.2, 0) is 25.5 Å². The van der Waals surface area contributed by atoms with Gasteiger partial charge in [-0.15, -0.1) is 6.42 Å². The van der Waals surface area contributed by atoms with Crippen molar-refractivity contribution in [1.29, 1.82) is 0 Å². The van der Waals surface area contributed by atoms with Crippen LogP contribution in [0.2, 0.25) is 0 Å². The predicted molar refractivity (Wildman–Crippen MR) is 152 cm³/mol. The van der Waals surface area contributed by atoms with Gasteiger partial charge in [0.05, 0.1) is 30.8 Å². The number of rotatable bonds is 9. The minimum absolute atomic E-state index is 0.269. The van der Waals surface area contributed by atoms with Crippen LogP contribution in [0.3, 0.4) is 0 Å². The van der Waals surface area contributed by atoms with E-state index < -0.39 is 17.9 Å². The van der Waals surface area contributed by atoms with Crippen LogP contribution in [0.5, 0.6) is 0 Å². The standard InChI is InChI=1S/C32H37N3O4/c1-5-24-12-9-13-26(20-24)30-28(31(36)38-4)22(2)34-23(3)29(30)32(37)39-19-15-27-21-33-16-18-35(27)17-14-25-10-7-6-8-11-25/h1,6-13,20,27,30,33-34H,14-19,21H2,2-4H3. The van der Waals surface area contributed by atoms with E-state index in [2.05, 4.69) is 45.7 Å². The van der Waals surface area contributed by atoms with Crippen LogP contribution in [0.15, 0.2) is 77.1 Å². The van der Waals surface area contributed by atoms with E-state index in [1.807, 2.05) is 37.3 Å². The molecule has 1 fully saturated rings. The second-order valence-electron chi connectivity index (χ2n) is 9.95. The molecular weight excluding hydrogens is 490 g/mol. The van der Waals surface area contributed by atoms with Gasteiger partial charge in [-0.25, -0.2) is 9.59 Å². The highest BCUT2D eigenvalue weighted by molar-refractivity contribution is 5.99. The van der Waals surface area contributed by atoms with Gasteiger partial charge in [-0.1, -0.05) is 48.4 Å². The first-order chi connectivity index (χ1) is 18.9. The third-order valence-corrected chi connectivity index (χ3v) is 7.46. The molecule has 204 valence electrons. The lowest BCUT2D eigenvalue weighted by atomic mass is 9.80. The molecule has 2 aliphatic heterocycles. The van der Waals surface area contributed by atoms with Crippen molar-refractivity contribution in [2.75, 3.05) is 39.9 Å². The van der Waals surface area contributed by atoms with Crippen molar-refractivity contribution in [2.24, 2.45) is 0 Å². The summed E-state index contributed by atoms with van der Waals surface area (Å²) in [4.78, 5) is 28.9. The largest absolute Gasteiger partial charge is 0.466 e. The summed E-state index contributed by atoms with van der Waals surface area (Å²) in [5.74, 6) is 1.02. The van der Waals surface area contributed by atoms with Crippen molar-refractivity contribution in [2.45, 2.75) is 38.6 Å². The number of hydrogen-bond donors (Lipinski definition) is 2. The van der Waals surface area contributed by atoms with Gasteiger partial charge >= 0.3 is 11.9 Å². The van der Waals surface area contributed by atoms with Gasteiger partial charge in [0.25, 0.3) is 0 Å². The number of carbonyl (C=O) groups is 2. The predicted octanol–water partition coefficient (Wildman–Crippen LogP) is 3.53. The minimum Gasteiger partial charge on any atom is -0.466 e. The number of hydrogen-bond acceptors (Lipinski definition) is 7. The average molecular weight is 528 g/mol. The SMILES string of the molecule is C#Cc1cccc(C2C(C(=O)OC)=C(C)NC(C)=C2C(=O)OCCC2CNCCN2CCc2ccccc2)c1. The van der Waals surface area contributed by atoms with Crippen LogP contribution < -0.4 is 10.6 Å². The Bertz CT molecular complexity index is 1290. The van der Waals surface area contributed by atoms with Crippen molar-refractivity contribution in [3.05, 3.63) is 93.8 Å². The number of terminal acetylenes is 1.